The molecule has 0 atom stereocenters. The molecule has 1 saturated heterocycles. The fourth-order valence-corrected chi connectivity index (χ4v) is 4.36. The van der Waals surface area contributed by atoms with Crippen molar-refractivity contribution in [2.45, 2.75) is 32.6 Å². The summed E-state index contributed by atoms with van der Waals surface area (Å²) in [7, 11) is 1.88. The lowest BCUT2D eigenvalue weighted by atomic mass is 10.00. The molecule has 1 aromatic carbocycles. The molecular formula is C22H34AlN3O5. The average molecular weight is 448 g/mol. The number of hydrogen-bond donors (Lipinski definition) is 1. The highest BCUT2D eigenvalue weighted by molar-refractivity contribution is 6.48. The summed E-state index contributed by atoms with van der Waals surface area (Å²) in [4.78, 5) is 40.5. The lowest BCUT2D eigenvalue weighted by Crippen LogP contribution is -2.42. The molecule has 9 heteroatoms. The number of ketones is 1. The van der Waals surface area contributed by atoms with Gasteiger partial charge < -0.3 is 12.9 Å². The topological polar surface area (TPSA) is 88.2 Å². The van der Waals surface area contributed by atoms with Crippen molar-refractivity contribution in [1.29, 1.82) is 0 Å². The zero-order valence-electron chi connectivity index (χ0n) is 19.1. The van der Waals surface area contributed by atoms with Crippen LogP contribution in [0.15, 0.2) is 24.3 Å². The molecule has 1 aliphatic heterocycles. The molecule has 0 aromatic heterocycles. The third-order valence-corrected chi connectivity index (χ3v) is 6.82. The summed E-state index contributed by atoms with van der Waals surface area (Å²) in [5.74, 6) is -0.614. The molecule has 0 bridgehead atoms. The molecule has 170 valence electrons. The fourth-order valence-electron chi connectivity index (χ4n) is 3.24. The molecule has 2 rings (SSSR count). The number of nitrogens with zero attached hydrogens (tertiary/aromatic N) is 2. The number of likely N-dealkylation sites (N-methyl/N-ethyl adjacent to an activating group) is 1. The monoisotopic (exact) mass is 447 g/mol. The predicted molar refractivity (Wildman–Crippen MR) is 120 cm³/mol. The van der Waals surface area contributed by atoms with Gasteiger partial charge in [0.1, 0.15) is 0 Å². The fraction of sp³-hybridized carbons (Fsp3) is 0.591. The maximum absolute atomic E-state index is 12.2. The van der Waals surface area contributed by atoms with Crippen LogP contribution in [-0.4, -0.2) is 88.7 Å². The van der Waals surface area contributed by atoms with Crippen LogP contribution in [0.1, 0.15) is 36.7 Å². The molecule has 1 fully saturated rings. The summed E-state index contributed by atoms with van der Waals surface area (Å²) in [6.07, 6.45) is 0. The van der Waals surface area contributed by atoms with E-state index < -0.39 is 14.8 Å². The second kappa shape index (κ2) is 12.9. The maximum atomic E-state index is 12.2. The standard InChI is InChI=1S/C20H31N3O5.C2H5.Al/c1-15(2)20(28)17-6-4-16(5-7-17)13-23(9-8-21-12-18(24)25)11-10-22(3)14-19(26)27;1-2;/h4-7,15,21H,8-14H2,1-3H3,(H,24,25)(H,26,27);1H2,2H3;/q;;+2/p-2. The van der Waals surface area contributed by atoms with Gasteiger partial charge in [-0.2, -0.15) is 0 Å². The largest absolute Gasteiger partial charge is 0.860 e. The Kier molecular flexibility index (Phi) is 10.6. The number of Topliss-reactive ketones (excluding diaryl/α,β-unsaturated/α-hetero) is 1. The number of carbonyl (C=O) groups excluding carboxylic acids is 3. The van der Waals surface area contributed by atoms with E-state index in [-0.39, 0.29) is 36.7 Å². The summed E-state index contributed by atoms with van der Waals surface area (Å²) in [6.45, 7) is 9.49. The van der Waals surface area contributed by atoms with Crippen LogP contribution in [0.2, 0.25) is 5.28 Å². The van der Waals surface area contributed by atoms with Crippen molar-refractivity contribution in [2.24, 2.45) is 5.92 Å². The molecule has 8 nitrogen and oxygen atoms in total. The minimum Gasteiger partial charge on any atom is -0.584 e. The zero-order valence-corrected chi connectivity index (χ0v) is 20.2. The Balaban J connectivity index is 2.01. The van der Waals surface area contributed by atoms with Crippen LogP contribution in [0.3, 0.4) is 0 Å². The molecule has 1 aliphatic rings. The van der Waals surface area contributed by atoms with E-state index in [2.05, 4.69) is 10.2 Å². The Morgan fingerprint density at radius 2 is 1.77 bits per heavy atom. The molecule has 1 heterocycles. The molecule has 0 spiro atoms. The van der Waals surface area contributed by atoms with Gasteiger partial charge in [-0.15, -0.1) is 0 Å². The van der Waals surface area contributed by atoms with Crippen LogP contribution in [0.25, 0.3) is 0 Å². The molecule has 1 N–H and O–H groups in total. The van der Waals surface area contributed by atoms with Gasteiger partial charge in [0, 0.05) is 44.2 Å². The van der Waals surface area contributed by atoms with E-state index >= 15 is 0 Å². The van der Waals surface area contributed by atoms with Gasteiger partial charge in [-0.05, 0) is 17.9 Å². The van der Waals surface area contributed by atoms with E-state index in [1.807, 2.05) is 57.0 Å². The van der Waals surface area contributed by atoms with Crippen LogP contribution in [0, 0.1) is 5.92 Å². The predicted octanol–water partition coefficient (Wildman–Crippen LogP) is 1.46. The first-order valence-corrected chi connectivity index (χ1v) is 12.7. The van der Waals surface area contributed by atoms with Crippen molar-refractivity contribution < 1.29 is 22.0 Å². The molecule has 1 aromatic rings. The van der Waals surface area contributed by atoms with Gasteiger partial charge >= 0.3 is 14.8 Å². The number of nitrogens with one attached hydrogen (secondary N) is 1. The van der Waals surface area contributed by atoms with Crippen molar-refractivity contribution in [3.05, 3.63) is 35.4 Å². The van der Waals surface area contributed by atoms with Gasteiger partial charge in [-0.1, -0.05) is 45.0 Å². The van der Waals surface area contributed by atoms with Gasteiger partial charge in [0.2, 0.25) is 0 Å². The third-order valence-electron chi connectivity index (χ3n) is 5.10. The van der Waals surface area contributed by atoms with Crippen LogP contribution in [0.4, 0.5) is 0 Å². The Morgan fingerprint density at radius 1 is 1.10 bits per heavy atom. The lowest BCUT2D eigenvalue weighted by molar-refractivity contribution is -0.140. The smallest absolute Gasteiger partial charge is 0.584 e. The number of rotatable bonds is 5. The van der Waals surface area contributed by atoms with Gasteiger partial charge in [0.25, 0.3) is 11.9 Å². The first-order chi connectivity index (χ1) is 14.8. The zero-order chi connectivity index (χ0) is 22.8. The number of benzene rings is 1. The van der Waals surface area contributed by atoms with Gasteiger partial charge in [-0.25, -0.2) is 0 Å². The highest BCUT2D eigenvalue weighted by Gasteiger charge is 2.34. The Bertz CT molecular complexity index is 741. The average Bonchev–Trinajstić information content (AvgIpc) is 2.73. The summed E-state index contributed by atoms with van der Waals surface area (Å²) < 4.78 is 10.8. The first kappa shape index (κ1) is 25.5. The van der Waals surface area contributed by atoms with Gasteiger partial charge in [0.05, 0.1) is 13.1 Å². The normalized spacial score (nSPS) is 18.4. The minimum atomic E-state index is -2.31. The molecule has 31 heavy (non-hydrogen) atoms. The van der Waals surface area contributed by atoms with Crippen molar-refractivity contribution in [1.82, 2.24) is 15.1 Å². The quantitative estimate of drug-likeness (QED) is 0.536. The molecule has 0 aliphatic carbocycles. The Hall–Kier alpha value is -1.76. The molecule has 0 unspecified atom stereocenters. The lowest BCUT2D eigenvalue weighted by Gasteiger charge is -2.26. The van der Waals surface area contributed by atoms with Crippen molar-refractivity contribution in [3.63, 3.8) is 0 Å². The summed E-state index contributed by atoms with van der Waals surface area (Å²) >= 11 is -2.31. The van der Waals surface area contributed by atoms with Gasteiger partial charge in [0.15, 0.2) is 5.78 Å². The van der Waals surface area contributed by atoms with E-state index in [0.717, 1.165) is 24.2 Å². The highest BCUT2D eigenvalue weighted by Crippen LogP contribution is 2.12. The molecule has 0 radical (unpaired) electrons. The molecule has 0 amide bonds. The van der Waals surface area contributed by atoms with Crippen molar-refractivity contribution >= 4 is 32.5 Å². The summed E-state index contributed by atoms with van der Waals surface area (Å²) in [6, 6.07) is 7.74. The van der Waals surface area contributed by atoms with Crippen LogP contribution in [-0.2, 0) is 23.7 Å². The van der Waals surface area contributed by atoms with E-state index in [4.69, 9.17) is 7.58 Å². The third kappa shape index (κ3) is 9.10. The molecule has 0 saturated carbocycles. The number of hydrogen-bond acceptors (Lipinski definition) is 8. The SMILES string of the molecule is C[CH2][Al]1[O]C(=O)CNCCN(Cc2ccc(C(=O)C(C)C)cc2)CCN(C)CC(=O)[O]1. The Labute approximate surface area is 189 Å². The van der Waals surface area contributed by atoms with Crippen molar-refractivity contribution in [2.75, 3.05) is 46.3 Å². The summed E-state index contributed by atoms with van der Waals surface area (Å²) in [5.41, 5.74) is 1.84. The van der Waals surface area contributed by atoms with E-state index in [1.165, 1.54) is 0 Å². The van der Waals surface area contributed by atoms with Crippen LogP contribution in [0.5, 0.6) is 0 Å². The Morgan fingerprint density at radius 3 is 2.42 bits per heavy atom. The maximum Gasteiger partial charge on any atom is 0.860 e. The van der Waals surface area contributed by atoms with Crippen LogP contribution < -0.4 is 5.32 Å². The first-order valence-electron chi connectivity index (χ1n) is 10.9. The van der Waals surface area contributed by atoms with E-state index in [9.17, 15) is 14.4 Å². The molecular weight excluding hydrogens is 413 g/mol. The van der Waals surface area contributed by atoms with Crippen LogP contribution >= 0.6 is 0 Å². The van der Waals surface area contributed by atoms with Gasteiger partial charge in [-0.3, -0.25) is 24.2 Å². The van der Waals surface area contributed by atoms with E-state index in [0.29, 0.717) is 24.9 Å². The minimum absolute atomic E-state index is 0.0237. The second-order valence-electron chi connectivity index (χ2n) is 8.22. The number of carbonyl (C=O) groups is 3. The van der Waals surface area contributed by atoms with E-state index in [1.54, 1.807) is 0 Å². The summed E-state index contributed by atoms with van der Waals surface area (Å²) in [5, 5.41) is 3.67. The second-order valence-corrected chi connectivity index (χ2v) is 10.4. The highest BCUT2D eigenvalue weighted by atomic mass is 27.2. The van der Waals surface area contributed by atoms with Crippen molar-refractivity contribution in [3.8, 4) is 0 Å².